The minimum absolute atomic E-state index is 0.0648. The first-order chi connectivity index (χ1) is 14.0. The zero-order valence-corrected chi connectivity index (χ0v) is 16.1. The van der Waals surface area contributed by atoms with Gasteiger partial charge < -0.3 is 15.4 Å². The van der Waals surface area contributed by atoms with Crippen LogP contribution in [0, 0.1) is 17.1 Å². The third-order valence-electron chi connectivity index (χ3n) is 3.49. The molecule has 0 atom stereocenters. The van der Waals surface area contributed by atoms with E-state index in [1.165, 1.54) is 18.2 Å². The number of nitriles is 1. The molecular weight excluding hydrogens is 397 g/mol. The Morgan fingerprint density at radius 1 is 1.00 bits per heavy atom. The van der Waals surface area contributed by atoms with Crippen LogP contribution in [0.1, 0.15) is 5.56 Å². The van der Waals surface area contributed by atoms with Gasteiger partial charge in [0.1, 0.15) is 5.82 Å². The third kappa shape index (κ3) is 8.02. The van der Waals surface area contributed by atoms with Gasteiger partial charge in [-0.2, -0.15) is 5.26 Å². The number of para-hydroxylation sites is 1. The number of carbonyl (C=O) groups excluding carboxylic acids is 3. The summed E-state index contributed by atoms with van der Waals surface area (Å²) in [6, 6.07) is 14.5. The summed E-state index contributed by atoms with van der Waals surface area (Å²) in [6.07, 6.45) is 0.280. The van der Waals surface area contributed by atoms with Crippen molar-refractivity contribution in [3.05, 3.63) is 59.9 Å². The molecule has 2 aromatic rings. The third-order valence-corrected chi connectivity index (χ3v) is 4.39. The Morgan fingerprint density at radius 3 is 2.41 bits per heavy atom. The van der Waals surface area contributed by atoms with E-state index in [0.717, 1.165) is 17.3 Å². The largest absolute Gasteiger partial charge is 0.455 e. The molecule has 0 heterocycles. The van der Waals surface area contributed by atoms with Gasteiger partial charge in [-0.15, -0.1) is 11.8 Å². The summed E-state index contributed by atoms with van der Waals surface area (Å²) in [5.41, 5.74) is 1.41. The molecular formula is C20H18FN3O4S. The molecule has 9 heteroatoms. The lowest BCUT2D eigenvalue weighted by Gasteiger charge is -2.08. The molecule has 150 valence electrons. The van der Waals surface area contributed by atoms with Crippen molar-refractivity contribution < 1.29 is 23.5 Å². The summed E-state index contributed by atoms with van der Waals surface area (Å²) in [6.45, 7) is -0.458. The summed E-state index contributed by atoms with van der Waals surface area (Å²) in [4.78, 5) is 35.2. The number of amides is 2. The van der Waals surface area contributed by atoms with Gasteiger partial charge in [0.2, 0.25) is 5.91 Å². The Balaban J connectivity index is 1.63. The number of nitrogens with one attached hydrogen (secondary N) is 2. The molecule has 2 aromatic carbocycles. The molecule has 0 aromatic heterocycles. The van der Waals surface area contributed by atoms with Crippen molar-refractivity contribution >= 4 is 40.9 Å². The van der Waals surface area contributed by atoms with Gasteiger partial charge in [-0.3, -0.25) is 14.4 Å². The lowest BCUT2D eigenvalue weighted by atomic mass is 10.1. The summed E-state index contributed by atoms with van der Waals surface area (Å²) < 4.78 is 18.3. The maximum atomic E-state index is 13.4. The molecule has 0 aliphatic heterocycles. The highest BCUT2D eigenvalue weighted by molar-refractivity contribution is 8.00. The second-order valence-electron chi connectivity index (χ2n) is 5.76. The molecule has 2 amide bonds. The molecule has 0 bridgehead atoms. The Labute approximate surface area is 171 Å². The van der Waals surface area contributed by atoms with Crippen LogP contribution in [0.4, 0.5) is 15.8 Å². The fraction of sp³-hybridized carbons (Fsp3) is 0.200. The van der Waals surface area contributed by atoms with Crippen LogP contribution in [0.2, 0.25) is 0 Å². The normalized spacial score (nSPS) is 9.93. The highest BCUT2D eigenvalue weighted by Gasteiger charge is 2.11. The van der Waals surface area contributed by atoms with Gasteiger partial charge in [0, 0.05) is 5.69 Å². The van der Waals surface area contributed by atoms with E-state index in [2.05, 4.69) is 10.6 Å². The molecule has 2 N–H and O–H groups in total. The molecule has 0 spiro atoms. The molecule has 2 rings (SSSR count). The predicted molar refractivity (Wildman–Crippen MR) is 108 cm³/mol. The summed E-state index contributed by atoms with van der Waals surface area (Å²) in [5, 5.41) is 13.6. The number of anilines is 2. The number of thioether (sulfide) groups is 1. The highest BCUT2D eigenvalue weighted by Crippen LogP contribution is 2.13. The van der Waals surface area contributed by atoms with Crippen LogP contribution in [0.5, 0.6) is 0 Å². The lowest BCUT2D eigenvalue weighted by molar-refractivity contribution is -0.144. The molecule has 7 nitrogen and oxygen atoms in total. The molecule has 0 fully saturated rings. The standard InChI is InChI=1S/C20H18FN3O4S/c21-16-3-1-2-4-17(16)24-19(26)12-29-13-20(27)28-11-18(25)23-15-7-5-14(6-8-15)9-10-22/h1-8H,9,11-13H2,(H,23,25)(H,24,26). The minimum Gasteiger partial charge on any atom is -0.455 e. The van der Waals surface area contributed by atoms with Gasteiger partial charge in [-0.1, -0.05) is 24.3 Å². The lowest BCUT2D eigenvalue weighted by Crippen LogP contribution is -2.22. The van der Waals surface area contributed by atoms with E-state index in [4.69, 9.17) is 10.00 Å². The SMILES string of the molecule is N#CCc1ccc(NC(=O)COC(=O)CSCC(=O)Nc2ccccc2F)cc1. The quantitative estimate of drug-likeness (QED) is 0.610. The van der Waals surface area contributed by atoms with Crippen molar-refractivity contribution in [1.29, 1.82) is 5.26 Å². The second kappa shape index (κ2) is 11.5. The second-order valence-corrected chi connectivity index (χ2v) is 6.75. The smallest absolute Gasteiger partial charge is 0.316 e. The van der Waals surface area contributed by atoms with Crippen LogP contribution in [0.15, 0.2) is 48.5 Å². The summed E-state index contributed by atoms with van der Waals surface area (Å²) in [5.74, 6) is -2.34. The maximum Gasteiger partial charge on any atom is 0.316 e. The number of hydrogen-bond donors (Lipinski definition) is 2. The first kappa shape index (κ1) is 21.9. The van der Waals surface area contributed by atoms with Gasteiger partial charge in [-0.05, 0) is 29.8 Å². The van der Waals surface area contributed by atoms with E-state index >= 15 is 0 Å². The van der Waals surface area contributed by atoms with Crippen molar-refractivity contribution in [2.45, 2.75) is 6.42 Å². The zero-order valence-electron chi connectivity index (χ0n) is 15.3. The molecule has 0 unspecified atom stereocenters. The van der Waals surface area contributed by atoms with E-state index in [0.29, 0.717) is 5.69 Å². The molecule has 0 saturated heterocycles. The van der Waals surface area contributed by atoms with Gasteiger partial charge in [-0.25, -0.2) is 4.39 Å². The van der Waals surface area contributed by atoms with Gasteiger partial charge >= 0.3 is 5.97 Å². The van der Waals surface area contributed by atoms with Crippen molar-refractivity contribution in [3.63, 3.8) is 0 Å². The van der Waals surface area contributed by atoms with Gasteiger partial charge in [0.15, 0.2) is 6.61 Å². The number of rotatable bonds is 9. The Morgan fingerprint density at radius 2 is 1.72 bits per heavy atom. The van der Waals surface area contributed by atoms with E-state index in [1.807, 2.05) is 6.07 Å². The summed E-state index contributed by atoms with van der Waals surface area (Å²) in [7, 11) is 0. The van der Waals surface area contributed by atoms with E-state index in [-0.39, 0.29) is 23.6 Å². The van der Waals surface area contributed by atoms with Crippen LogP contribution >= 0.6 is 11.8 Å². The molecule has 0 radical (unpaired) electrons. The fourth-order valence-electron chi connectivity index (χ4n) is 2.16. The first-order valence-corrected chi connectivity index (χ1v) is 9.67. The minimum atomic E-state index is -0.645. The first-order valence-electron chi connectivity index (χ1n) is 8.51. The van der Waals surface area contributed by atoms with E-state index in [9.17, 15) is 18.8 Å². The van der Waals surface area contributed by atoms with Crippen LogP contribution in [-0.4, -0.2) is 35.9 Å². The Kier molecular flexibility index (Phi) is 8.66. The summed E-state index contributed by atoms with van der Waals surface area (Å²) >= 11 is 0.989. The van der Waals surface area contributed by atoms with Crippen LogP contribution in [0.3, 0.4) is 0 Å². The van der Waals surface area contributed by atoms with Crippen molar-refractivity contribution in [2.75, 3.05) is 28.7 Å². The predicted octanol–water partition coefficient (Wildman–Crippen LogP) is 2.75. The van der Waals surface area contributed by atoms with Crippen LogP contribution in [-0.2, 0) is 25.5 Å². The maximum absolute atomic E-state index is 13.4. The molecule has 29 heavy (non-hydrogen) atoms. The van der Waals surface area contributed by atoms with E-state index < -0.39 is 30.2 Å². The number of hydrogen-bond acceptors (Lipinski definition) is 6. The topological polar surface area (TPSA) is 108 Å². The fourth-order valence-corrected chi connectivity index (χ4v) is 2.77. The van der Waals surface area contributed by atoms with Gasteiger partial charge in [0.05, 0.1) is 29.7 Å². The highest BCUT2D eigenvalue weighted by atomic mass is 32.2. The number of benzene rings is 2. The number of carbonyl (C=O) groups is 3. The van der Waals surface area contributed by atoms with E-state index in [1.54, 1.807) is 30.3 Å². The van der Waals surface area contributed by atoms with Crippen molar-refractivity contribution in [3.8, 4) is 6.07 Å². The molecule has 0 aliphatic carbocycles. The van der Waals surface area contributed by atoms with Crippen molar-refractivity contribution in [1.82, 2.24) is 0 Å². The average molecular weight is 415 g/mol. The van der Waals surface area contributed by atoms with Crippen LogP contribution in [0.25, 0.3) is 0 Å². The number of esters is 1. The zero-order chi connectivity index (χ0) is 21.1. The average Bonchev–Trinajstić information content (AvgIpc) is 2.70. The van der Waals surface area contributed by atoms with Crippen molar-refractivity contribution in [2.24, 2.45) is 0 Å². The Hall–Kier alpha value is -3.38. The van der Waals surface area contributed by atoms with Gasteiger partial charge in [0.25, 0.3) is 5.91 Å². The number of ether oxygens (including phenoxy) is 1. The number of nitrogens with zero attached hydrogens (tertiary/aromatic N) is 1. The molecule has 0 aliphatic rings. The molecule has 0 saturated carbocycles. The number of halogens is 1. The van der Waals surface area contributed by atoms with Crippen LogP contribution < -0.4 is 10.6 Å². The Bertz CT molecular complexity index is 913. The monoisotopic (exact) mass is 415 g/mol.